The SMILES string of the molecule is c1ccc2cc(B3N(c4ccc5ccccc5c4)B(c4ccc5ccccc5c4)N(c4ccc5ccccc5c4)B(c4ccc5ccccc5c4)N3c3ccc4ccccc4c3)ccc2c1. The van der Waals surface area contributed by atoms with Gasteiger partial charge in [-0.15, -0.1) is 0 Å². The van der Waals surface area contributed by atoms with Crippen molar-refractivity contribution in [1.82, 2.24) is 0 Å². The van der Waals surface area contributed by atoms with E-state index < -0.39 is 0 Å². The summed E-state index contributed by atoms with van der Waals surface area (Å²) in [7, 11) is 0. The fourth-order valence-corrected chi connectivity index (χ4v) is 10.7. The van der Waals surface area contributed by atoms with Crippen LogP contribution in [0.5, 0.6) is 0 Å². The van der Waals surface area contributed by atoms with Gasteiger partial charge >= 0.3 is 20.9 Å². The Bertz CT molecular complexity index is 3160. The number of benzene rings is 12. The molecule has 0 N–H and O–H groups in total. The van der Waals surface area contributed by atoms with Crippen LogP contribution in [0.1, 0.15) is 0 Å². The van der Waals surface area contributed by atoms with Crippen LogP contribution in [0.4, 0.5) is 17.1 Å². The van der Waals surface area contributed by atoms with Gasteiger partial charge in [-0.3, -0.25) is 0 Å². The minimum atomic E-state index is -0.290. The molecule has 1 saturated heterocycles. The topological polar surface area (TPSA) is 9.72 Å². The van der Waals surface area contributed by atoms with E-state index in [0.29, 0.717) is 0 Å². The van der Waals surface area contributed by atoms with E-state index in [0.717, 1.165) is 17.1 Å². The van der Waals surface area contributed by atoms with Gasteiger partial charge in [0.2, 0.25) is 0 Å². The molecule has 66 heavy (non-hydrogen) atoms. The molecule has 306 valence electrons. The molecule has 0 aliphatic carbocycles. The highest BCUT2D eigenvalue weighted by Gasteiger charge is 2.56. The molecule has 6 heteroatoms. The fraction of sp³-hybridized carbons (Fsp3) is 0. The summed E-state index contributed by atoms with van der Waals surface area (Å²) in [6.45, 7) is -0.871. The van der Waals surface area contributed by atoms with Gasteiger partial charge in [-0.25, -0.2) is 0 Å². The molecule has 0 aromatic heterocycles. The van der Waals surface area contributed by atoms with Crippen molar-refractivity contribution >= 4 is 119 Å². The van der Waals surface area contributed by atoms with Crippen molar-refractivity contribution in [2.24, 2.45) is 0 Å². The van der Waals surface area contributed by atoms with Crippen molar-refractivity contribution in [3.63, 3.8) is 0 Å². The highest BCUT2D eigenvalue weighted by atomic mass is 15.3. The first-order valence-electron chi connectivity index (χ1n) is 23.0. The summed E-state index contributed by atoms with van der Waals surface area (Å²) < 4.78 is 8.13. The first-order chi connectivity index (χ1) is 32.7. The molecule has 0 unspecified atom stereocenters. The van der Waals surface area contributed by atoms with Crippen LogP contribution in [0.25, 0.3) is 64.6 Å². The maximum absolute atomic E-state index is 2.71. The van der Waals surface area contributed by atoms with Crippen molar-refractivity contribution in [1.29, 1.82) is 0 Å². The molecule has 1 fully saturated rings. The van der Waals surface area contributed by atoms with Gasteiger partial charge in [-0.1, -0.05) is 218 Å². The van der Waals surface area contributed by atoms with Crippen molar-refractivity contribution < 1.29 is 0 Å². The molecule has 1 aliphatic heterocycles. The zero-order valence-corrected chi connectivity index (χ0v) is 36.3. The van der Waals surface area contributed by atoms with Gasteiger partial charge in [0, 0.05) is 17.1 Å². The quantitative estimate of drug-likeness (QED) is 0.155. The highest BCUT2D eigenvalue weighted by molar-refractivity contribution is 7.15. The van der Waals surface area contributed by atoms with E-state index in [1.54, 1.807) is 0 Å². The molecule has 1 aliphatic rings. The average molecular weight is 837 g/mol. The molecule has 13 rings (SSSR count). The van der Waals surface area contributed by atoms with E-state index >= 15 is 0 Å². The molecule has 3 nitrogen and oxygen atoms in total. The molecule has 0 saturated carbocycles. The summed E-state index contributed by atoms with van der Waals surface area (Å²) in [5, 5.41) is 14.6. The minimum absolute atomic E-state index is 0.290. The standard InChI is InChI=1S/C60H42B3N3/c1-7-19-49-37-55(31-25-43(49)13-1)61-64(58-34-28-46-16-4-10-22-52(46)40-58)62(56-32-26-44-14-2-8-20-50(44)38-56)66(60-36-30-48-18-6-12-24-54(48)42-60)63(57-33-27-45-15-3-9-21-51(45)39-57)65(61)59-35-29-47-17-5-11-23-53(47)41-59/h1-42H. The second kappa shape index (κ2) is 15.8. The van der Waals surface area contributed by atoms with Gasteiger partial charge in [0.05, 0.1) is 0 Å². The predicted octanol–water partition coefficient (Wildman–Crippen LogP) is 12.6. The number of hydrogen-bond acceptors (Lipinski definition) is 3. The lowest BCUT2D eigenvalue weighted by atomic mass is 9.37. The zero-order chi connectivity index (χ0) is 43.6. The summed E-state index contributed by atoms with van der Waals surface area (Å²) in [5.74, 6) is 0. The lowest BCUT2D eigenvalue weighted by Crippen LogP contribution is -2.86. The Morgan fingerprint density at radius 1 is 0.182 bits per heavy atom. The molecular weight excluding hydrogens is 795 g/mol. The van der Waals surface area contributed by atoms with Gasteiger partial charge in [0.15, 0.2) is 0 Å². The summed E-state index contributed by atoms with van der Waals surface area (Å²) in [5.41, 5.74) is 7.05. The summed E-state index contributed by atoms with van der Waals surface area (Å²) in [6.07, 6.45) is 0. The number of anilines is 3. The summed E-state index contributed by atoms with van der Waals surface area (Å²) in [6, 6.07) is 95.1. The van der Waals surface area contributed by atoms with Crippen LogP contribution >= 0.6 is 0 Å². The Morgan fingerprint density at radius 3 is 0.621 bits per heavy atom. The van der Waals surface area contributed by atoms with Crippen LogP contribution in [0.2, 0.25) is 0 Å². The lowest BCUT2D eigenvalue weighted by molar-refractivity contribution is 1.30. The monoisotopic (exact) mass is 837 g/mol. The van der Waals surface area contributed by atoms with Crippen molar-refractivity contribution in [3.8, 4) is 0 Å². The second-order valence-electron chi connectivity index (χ2n) is 17.8. The molecule has 1 heterocycles. The maximum atomic E-state index is 2.71. The molecule has 0 radical (unpaired) electrons. The minimum Gasteiger partial charge on any atom is -0.416 e. The maximum Gasteiger partial charge on any atom is 0.388 e. The normalized spacial score (nSPS) is 13.3. The Kier molecular flexibility index (Phi) is 9.16. The number of fused-ring (bicyclic) bond motifs is 6. The van der Waals surface area contributed by atoms with E-state index in [-0.39, 0.29) is 20.9 Å². The van der Waals surface area contributed by atoms with E-state index in [2.05, 4.69) is 269 Å². The summed E-state index contributed by atoms with van der Waals surface area (Å²) >= 11 is 0. The van der Waals surface area contributed by atoms with Crippen LogP contribution in [-0.4, -0.2) is 20.9 Å². The van der Waals surface area contributed by atoms with Crippen molar-refractivity contribution in [3.05, 3.63) is 255 Å². The molecule has 0 amide bonds. The second-order valence-corrected chi connectivity index (χ2v) is 17.8. The Balaban J connectivity index is 1.19. The van der Waals surface area contributed by atoms with E-state index in [1.807, 2.05) is 0 Å². The van der Waals surface area contributed by atoms with Crippen LogP contribution in [-0.2, 0) is 0 Å². The zero-order valence-electron chi connectivity index (χ0n) is 36.3. The van der Waals surface area contributed by atoms with Crippen LogP contribution in [0.15, 0.2) is 255 Å². The van der Waals surface area contributed by atoms with Gasteiger partial charge < -0.3 is 14.2 Å². The van der Waals surface area contributed by atoms with E-state index in [9.17, 15) is 0 Å². The van der Waals surface area contributed by atoms with Gasteiger partial charge in [0.25, 0.3) is 0 Å². The average Bonchev–Trinajstić information content (AvgIpc) is 3.39. The Hall–Kier alpha value is -8.21. The predicted molar refractivity (Wildman–Crippen MR) is 287 cm³/mol. The molecular formula is C60H42B3N3. The Morgan fingerprint density at radius 2 is 0.379 bits per heavy atom. The molecule has 0 spiro atoms. The van der Waals surface area contributed by atoms with Gasteiger partial charge in [0.1, 0.15) is 0 Å². The number of rotatable bonds is 6. The first kappa shape index (κ1) is 38.3. The van der Waals surface area contributed by atoms with Gasteiger partial charge in [-0.05, 0) is 117 Å². The molecule has 0 atom stereocenters. The number of hydrogen-bond donors (Lipinski definition) is 0. The largest absolute Gasteiger partial charge is 0.416 e. The van der Waals surface area contributed by atoms with Crippen molar-refractivity contribution in [2.45, 2.75) is 0 Å². The third kappa shape index (κ3) is 6.56. The van der Waals surface area contributed by atoms with Crippen LogP contribution in [0.3, 0.4) is 0 Å². The molecule has 12 aromatic rings. The van der Waals surface area contributed by atoms with Crippen LogP contribution in [0, 0.1) is 0 Å². The fourth-order valence-electron chi connectivity index (χ4n) is 10.7. The third-order valence-electron chi connectivity index (χ3n) is 13.9. The van der Waals surface area contributed by atoms with Crippen LogP contribution < -0.4 is 30.6 Å². The molecule has 12 aromatic carbocycles. The lowest BCUT2D eigenvalue weighted by Gasteiger charge is -2.57. The third-order valence-corrected chi connectivity index (χ3v) is 13.9. The number of nitrogens with zero attached hydrogens (tertiary/aromatic N) is 3. The van der Waals surface area contributed by atoms with E-state index in [1.165, 1.54) is 81.0 Å². The van der Waals surface area contributed by atoms with E-state index in [4.69, 9.17) is 0 Å². The van der Waals surface area contributed by atoms with Gasteiger partial charge in [-0.2, -0.15) is 0 Å². The first-order valence-corrected chi connectivity index (χ1v) is 23.0. The Labute approximate surface area is 386 Å². The highest BCUT2D eigenvalue weighted by Crippen LogP contribution is 2.38. The van der Waals surface area contributed by atoms with Crippen molar-refractivity contribution in [2.75, 3.05) is 14.2 Å². The molecule has 0 bridgehead atoms. The smallest absolute Gasteiger partial charge is 0.388 e. The summed E-state index contributed by atoms with van der Waals surface area (Å²) in [4.78, 5) is 0.